The summed E-state index contributed by atoms with van der Waals surface area (Å²) in [6, 6.07) is 13.5. The van der Waals surface area contributed by atoms with Crippen LogP contribution in [0.3, 0.4) is 0 Å². The summed E-state index contributed by atoms with van der Waals surface area (Å²) in [7, 11) is 0. The van der Waals surface area contributed by atoms with E-state index in [0.717, 1.165) is 11.1 Å². The minimum atomic E-state index is -0.306. The van der Waals surface area contributed by atoms with E-state index in [1.165, 1.54) is 12.1 Å². The van der Waals surface area contributed by atoms with E-state index in [9.17, 15) is 14.0 Å². The summed E-state index contributed by atoms with van der Waals surface area (Å²) >= 11 is 0. The first kappa shape index (κ1) is 17.1. The molecule has 0 bridgehead atoms. The fraction of sp³-hybridized carbons (Fsp3) is 0.300. The van der Waals surface area contributed by atoms with E-state index in [4.69, 9.17) is 0 Å². The lowest BCUT2D eigenvalue weighted by atomic mass is 10.1. The van der Waals surface area contributed by atoms with Gasteiger partial charge in [0.2, 0.25) is 5.91 Å². The van der Waals surface area contributed by atoms with Gasteiger partial charge in [0.25, 0.3) is 5.91 Å². The average Bonchev–Trinajstić information content (AvgIpc) is 2.64. The van der Waals surface area contributed by atoms with Crippen LogP contribution in [0.5, 0.6) is 0 Å². The number of piperazine rings is 1. The van der Waals surface area contributed by atoms with E-state index >= 15 is 0 Å². The Bertz CT molecular complexity index is 748. The fourth-order valence-electron chi connectivity index (χ4n) is 2.93. The Morgan fingerprint density at radius 2 is 1.44 bits per heavy atom. The molecule has 2 aromatic carbocycles. The molecule has 0 atom stereocenters. The molecule has 0 aliphatic carbocycles. The van der Waals surface area contributed by atoms with Crippen LogP contribution in [0.4, 0.5) is 4.39 Å². The van der Waals surface area contributed by atoms with Gasteiger partial charge in [-0.25, -0.2) is 4.39 Å². The lowest BCUT2D eigenvalue weighted by Gasteiger charge is -2.35. The quantitative estimate of drug-likeness (QED) is 0.862. The Kier molecular flexibility index (Phi) is 5.12. The number of halogens is 1. The molecule has 4 nitrogen and oxygen atoms in total. The second-order valence-electron chi connectivity index (χ2n) is 6.34. The van der Waals surface area contributed by atoms with Crippen molar-refractivity contribution in [2.75, 3.05) is 26.2 Å². The van der Waals surface area contributed by atoms with E-state index in [-0.39, 0.29) is 24.1 Å². The Morgan fingerprint density at radius 3 is 2.04 bits per heavy atom. The Balaban J connectivity index is 1.54. The molecule has 130 valence electrons. The van der Waals surface area contributed by atoms with Crippen molar-refractivity contribution >= 4 is 11.8 Å². The van der Waals surface area contributed by atoms with Crippen LogP contribution in [0.15, 0.2) is 48.5 Å². The maximum Gasteiger partial charge on any atom is 0.253 e. The number of carbonyl (C=O) groups excluding carboxylic acids is 2. The predicted octanol–water partition coefficient (Wildman–Crippen LogP) is 2.66. The first-order valence-electron chi connectivity index (χ1n) is 8.41. The SMILES string of the molecule is Cc1ccc(C(=O)N2CCN(C(=O)Cc3ccc(F)cc3)CC2)cc1. The molecular weight excluding hydrogens is 319 g/mol. The Hall–Kier alpha value is -2.69. The summed E-state index contributed by atoms with van der Waals surface area (Å²) in [6.07, 6.45) is 0.256. The third-order valence-corrected chi connectivity index (χ3v) is 4.49. The molecule has 5 heteroatoms. The standard InChI is InChI=1S/C20H21FN2O2/c1-15-2-6-17(7-3-15)20(25)23-12-10-22(11-13-23)19(24)14-16-4-8-18(21)9-5-16/h2-9H,10-14H2,1H3. The van der Waals surface area contributed by atoms with Crippen LogP contribution < -0.4 is 0 Å². The molecule has 3 rings (SSSR count). The molecule has 0 radical (unpaired) electrons. The summed E-state index contributed by atoms with van der Waals surface area (Å²) in [6.45, 7) is 4.10. The third-order valence-electron chi connectivity index (χ3n) is 4.49. The summed E-state index contributed by atoms with van der Waals surface area (Å²) in [5, 5.41) is 0. The number of amides is 2. The van der Waals surface area contributed by atoms with Crippen LogP contribution in [0.2, 0.25) is 0 Å². The van der Waals surface area contributed by atoms with Crippen molar-refractivity contribution in [3.8, 4) is 0 Å². The van der Waals surface area contributed by atoms with Gasteiger partial charge >= 0.3 is 0 Å². The van der Waals surface area contributed by atoms with Gasteiger partial charge in [-0.1, -0.05) is 29.8 Å². The van der Waals surface area contributed by atoms with Crippen LogP contribution in [-0.2, 0) is 11.2 Å². The van der Waals surface area contributed by atoms with E-state index < -0.39 is 0 Å². The van der Waals surface area contributed by atoms with Gasteiger partial charge in [0, 0.05) is 31.7 Å². The summed E-state index contributed by atoms with van der Waals surface area (Å²) in [4.78, 5) is 28.4. The molecule has 0 N–H and O–H groups in total. The Labute approximate surface area is 146 Å². The number of hydrogen-bond acceptors (Lipinski definition) is 2. The maximum atomic E-state index is 12.9. The first-order chi connectivity index (χ1) is 12.0. The van der Waals surface area contributed by atoms with Crippen molar-refractivity contribution in [2.45, 2.75) is 13.3 Å². The zero-order chi connectivity index (χ0) is 17.8. The molecule has 1 heterocycles. The minimum Gasteiger partial charge on any atom is -0.339 e. The van der Waals surface area contributed by atoms with E-state index in [1.807, 2.05) is 31.2 Å². The number of rotatable bonds is 3. The first-order valence-corrected chi connectivity index (χ1v) is 8.41. The number of aryl methyl sites for hydroxylation is 1. The second kappa shape index (κ2) is 7.47. The molecular formula is C20H21FN2O2. The van der Waals surface area contributed by atoms with E-state index in [0.29, 0.717) is 31.7 Å². The molecule has 25 heavy (non-hydrogen) atoms. The van der Waals surface area contributed by atoms with Gasteiger partial charge in [0.15, 0.2) is 0 Å². The van der Waals surface area contributed by atoms with E-state index in [2.05, 4.69) is 0 Å². The number of benzene rings is 2. The lowest BCUT2D eigenvalue weighted by molar-refractivity contribution is -0.131. The Morgan fingerprint density at radius 1 is 0.880 bits per heavy atom. The maximum absolute atomic E-state index is 12.9. The van der Waals surface area contributed by atoms with Crippen LogP contribution >= 0.6 is 0 Å². The molecule has 1 aliphatic rings. The normalized spacial score (nSPS) is 14.5. The fourth-order valence-corrected chi connectivity index (χ4v) is 2.93. The summed E-state index contributed by atoms with van der Waals surface area (Å²) in [5.74, 6) is -0.292. The van der Waals surface area contributed by atoms with Gasteiger partial charge in [-0.05, 0) is 36.8 Å². The highest BCUT2D eigenvalue weighted by atomic mass is 19.1. The highest BCUT2D eigenvalue weighted by Crippen LogP contribution is 2.12. The third kappa shape index (κ3) is 4.24. The molecule has 0 saturated carbocycles. The van der Waals surface area contributed by atoms with E-state index in [1.54, 1.807) is 21.9 Å². The topological polar surface area (TPSA) is 40.6 Å². The lowest BCUT2D eigenvalue weighted by Crippen LogP contribution is -2.51. The zero-order valence-corrected chi connectivity index (χ0v) is 14.2. The minimum absolute atomic E-state index is 0.00522. The van der Waals surface area contributed by atoms with Crippen LogP contribution in [0, 0.1) is 12.7 Å². The van der Waals surface area contributed by atoms with Crippen molar-refractivity contribution < 1.29 is 14.0 Å². The predicted molar refractivity (Wildman–Crippen MR) is 93.8 cm³/mol. The smallest absolute Gasteiger partial charge is 0.253 e. The van der Waals surface area contributed by atoms with Crippen molar-refractivity contribution in [1.29, 1.82) is 0 Å². The molecule has 1 fully saturated rings. The van der Waals surface area contributed by atoms with Gasteiger partial charge < -0.3 is 9.80 Å². The van der Waals surface area contributed by atoms with Gasteiger partial charge in [0.05, 0.1) is 6.42 Å². The number of hydrogen-bond donors (Lipinski definition) is 0. The van der Waals surface area contributed by atoms with Gasteiger partial charge in [0.1, 0.15) is 5.82 Å². The molecule has 0 spiro atoms. The van der Waals surface area contributed by atoms with Crippen molar-refractivity contribution in [3.05, 3.63) is 71.0 Å². The van der Waals surface area contributed by atoms with Crippen LogP contribution in [0.25, 0.3) is 0 Å². The highest BCUT2D eigenvalue weighted by Gasteiger charge is 2.24. The molecule has 0 unspecified atom stereocenters. The molecule has 1 saturated heterocycles. The number of carbonyl (C=O) groups is 2. The summed E-state index contributed by atoms with van der Waals surface area (Å²) < 4.78 is 12.9. The van der Waals surface area contributed by atoms with Gasteiger partial charge in [-0.3, -0.25) is 9.59 Å². The van der Waals surface area contributed by atoms with Crippen molar-refractivity contribution in [2.24, 2.45) is 0 Å². The second-order valence-corrected chi connectivity index (χ2v) is 6.34. The van der Waals surface area contributed by atoms with Gasteiger partial charge in [-0.2, -0.15) is 0 Å². The van der Waals surface area contributed by atoms with Crippen LogP contribution in [-0.4, -0.2) is 47.8 Å². The van der Waals surface area contributed by atoms with Crippen LogP contribution in [0.1, 0.15) is 21.5 Å². The highest BCUT2D eigenvalue weighted by molar-refractivity contribution is 5.94. The number of nitrogens with zero attached hydrogens (tertiary/aromatic N) is 2. The monoisotopic (exact) mass is 340 g/mol. The van der Waals surface area contributed by atoms with Crippen molar-refractivity contribution in [1.82, 2.24) is 9.80 Å². The average molecular weight is 340 g/mol. The largest absolute Gasteiger partial charge is 0.339 e. The molecule has 1 aliphatic heterocycles. The zero-order valence-electron chi connectivity index (χ0n) is 14.2. The van der Waals surface area contributed by atoms with Crippen molar-refractivity contribution in [3.63, 3.8) is 0 Å². The molecule has 0 aromatic heterocycles. The molecule has 2 amide bonds. The summed E-state index contributed by atoms with van der Waals surface area (Å²) in [5.41, 5.74) is 2.59. The molecule has 2 aromatic rings. The van der Waals surface area contributed by atoms with Gasteiger partial charge in [-0.15, -0.1) is 0 Å².